The molecule has 0 aliphatic heterocycles. The van der Waals surface area contributed by atoms with Crippen LogP contribution in [0.4, 0.5) is 0 Å². The minimum atomic E-state index is -0.334. The number of fused-ring (bicyclic) bond motifs is 1. The molecule has 130 valence electrons. The Morgan fingerprint density at radius 3 is 2.73 bits per heavy atom. The van der Waals surface area contributed by atoms with Crippen LogP contribution < -0.4 is 0 Å². The molecule has 0 amide bonds. The number of aryl methyl sites for hydroxylation is 1. The number of nitrogens with zero attached hydrogens (tertiary/aromatic N) is 2. The summed E-state index contributed by atoms with van der Waals surface area (Å²) >= 11 is 1.28. The van der Waals surface area contributed by atoms with Crippen molar-refractivity contribution < 1.29 is 9.21 Å². The van der Waals surface area contributed by atoms with E-state index in [-0.39, 0.29) is 11.0 Å². The Labute approximate surface area is 154 Å². The smallest absolute Gasteiger partial charge is 0.277 e. The highest BCUT2D eigenvalue weighted by Crippen LogP contribution is 2.30. The lowest BCUT2D eigenvalue weighted by molar-refractivity contribution is 0.0995. The predicted molar refractivity (Wildman–Crippen MR) is 102 cm³/mol. The number of thioether (sulfide) groups is 1. The number of hydrogen-bond donors (Lipinski definition) is 1. The molecule has 0 fully saturated rings. The van der Waals surface area contributed by atoms with Gasteiger partial charge in [-0.1, -0.05) is 48.2 Å². The van der Waals surface area contributed by atoms with Crippen molar-refractivity contribution in [2.45, 2.75) is 24.3 Å². The van der Waals surface area contributed by atoms with E-state index < -0.39 is 0 Å². The molecule has 4 rings (SSSR count). The zero-order valence-corrected chi connectivity index (χ0v) is 15.2. The quantitative estimate of drug-likeness (QED) is 0.404. The van der Waals surface area contributed by atoms with Crippen LogP contribution in [-0.4, -0.2) is 26.2 Å². The Morgan fingerprint density at radius 1 is 1.12 bits per heavy atom. The molecule has 0 radical (unpaired) electrons. The molecule has 0 spiro atoms. The first-order valence-electron chi connectivity index (χ1n) is 8.30. The summed E-state index contributed by atoms with van der Waals surface area (Å²) in [6.07, 6.45) is 1.76. The van der Waals surface area contributed by atoms with Crippen molar-refractivity contribution in [3.05, 3.63) is 65.9 Å². The lowest BCUT2D eigenvalue weighted by Crippen LogP contribution is -2.13. The second-order valence-corrected chi connectivity index (χ2v) is 7.35. The van der Waals surface area contributed by atoms with Crippen LogP contribution in [0.5, 0.6) is 0 Å². The number of Topliss-reactive ketones (excluding diaryl/α,β-unsaturated/α-hetero) is 1. The lowest BCUT2D eigenvalue weighted by atomic mass is 10.1. The molecule has 1 unspecified atom stereocenters. The summed E-state index contributed by atoms with van der Waals surface area (Å²) < 4.78 is 5.76. The molecule has 0 saturated carbocycles. The van der Waals surface area contributed by atoms with Crippen molar-refractivity contribution in [2.75, 3.05) is 0 Å². The summed E-state index contributed by atoms with van der Waals surface area (Å²) in [6, 6.07) is 15.6. The molecule has 0 saturated heterocycles. The molecule has 1 atom stereocenters. The fourth-order valence-corrected chi connectivity index (χ4v) is 3.63. The third kappa shape index (κ3) is 3.04. The molecule has 0 aliphatic carbocycles. The Morgan fingerprint density at radius 2 is 1.88 bits per heavy atom. The van der Waals surface area contributed by atoms with Crippen molar-refractivity contribution in [3.8, 4) is 11.5 Å². The summed E-state index contributed by atoms with van der Waals surface area (Å²) in [6.45, 7) is 3.85. The highest BCUT2D eigenvalue weighted by Gasteiger charge is 2.22. The molecule has 1 N–H and O–H groups in total. The van der Waals surface area contributed by atoms with E-state index in [1.807, 2.05) is 62.4 Å². The van der Waals surface area contributed by atoms with E-state index in [9.17, 15) is 4.79 Å². The average Bonchev–Trinajstić information content (AvgIpc) is 3.28. The molecule has 26 heavy (non-hydrogen) atoms. The van der Waals surface area contributed by atoms with Crippen LogP contribution in [0.1, 0.15) is 22.8 Å². The molecule has 2 aromatic heterocycles. The number of aromatic nitrogens is 3. The highest BCUT2D eigenvalue weighted by molar-refractivity contribution is 8.00. The van der Waals surface area contributed by atoms with Crippen molar-refractivity contribution in [1.29, 1.82) is 0 Å². The zero-order chi connectivity index (χ0) is 18.1. The predicted octanol–water partition coefficient (Wildman–Crippen LogP) is 4.89. The van der Waals surface area contributed by atoms with Crippen LogP contribution in [0.3, 0.4) is 0 Å². The van der Waals surface area contributed by atoms with Gasteiger partial charge in [0.2, 0.25) is 5.89 Å². The van der Waals surface area contributed by atoms with E-state index in [0.29, 0.717) is 16.7 Å². The van der Waals surface area contributed by atoms with Gasteiger partial charge >= 0.3 is 0 Å². The molecule has 0 aliphatic rings. The van der Waals surface area contributed by atoms with Crippen LogP contribution in [-0.2, 0) is 0 Å². The first-order valence-corrected chi connectivity index (χ1v) is 9.18. The summed E-state index contributed by atoms with van der Waals surface area (Å²) in [4.78, 5) is 16.0. The first-order chi connectivity index (χ1) is 12.6. The van der Waals surface area contributed by atoms with Gasteiger partial charge in [-0.05, 0) is 31.5 Å². The Bertz CT molecular complexity index is 1080. The van der Waals surface area contributed by atoms with E-state index in [2.05, 4.69) is 15.2 Å². The number of para-hydroxylation sites is 1. The van der Waals surface area contributed by atoms with Crippen LogP contribution in [0.15, 0.2) is 64.4 Å². The number of rotatable bonds is 5. The maximum absolute atomic E-state index is 12.8. The van der Waals surface area contributed by atoms with Crippen molar-refractivity contribution in [2.24, 2.45) is 0 Å². The molecule has 4 aromatic rings. The Balaban J connectivity index is 1.54. The summed E-state index contributed by atoms with van der Waals surface area (Å²) in [7, 11) is 0. The second kappa shape index (κ2) is 6.80. The fourth-order valence-electron chi connectivity index (χ4n) is 2.88. The third-order valence-electron chi connectivity index (χ3n) is 4.28. The standard InChI is InChI=1S/C20H17N3O2S/c1-12-7-3-4-8-14(12)19-22-23-20(25-19)26-13(2)18(24)16-11-21-17-10-6-5-9-15(16)17/h3-11,13,21H,1-2H3. The molecule has 6 heteroatoms. The highest BCUT2D eigenvalue weighted by atomic mass is 32.2. The normalized spacial score (nSPS) is 12.4. The van der Waals surface area contributed by atoms with Crippen molar-refractivity contribution >= 4 is 28.4 Å². The SMILES string of the molecule is Cc1ccccc1-c1nnc(SC(C)C(=O)c2c[nH]c3ccccc23)o1. The van der Waals surface area contributed by atoms with Crippen molar-refractivity contribution in [1.82, 2.24) is 15.2 Å². The Kier molecular flexibility index (Phi) is 4.34. The van der Waals surface area contributed by atoms with Gasteiger partial charge in [0.05, 0.1) is 5.25 Å². The van der Waals surface area contributed by atoms with E-state index in [1.54, 1.807) is 6.20 Å². The number of H-pyrrole nitrogens is 1. The maximum Gasteiger partial charge on any atom is 0.277 e. The number of nitrogens with one attached hydrogen (secondary N) is 1. The number of carbonyl (C=O) groups is 1. The molecular formula is C20H17N3O2S. The monoisotopic (exact) mass is 363 g/mol. The third-order valence-corrected chi connectivity index (χ3v) is 5.22. The van der Waals surface area contributed by atoms with Gasteiger partial charge in [-0.25, -0.2) is 0 Å². The number of hydrogen-bond acceptors (Lipinski definition) is 5. The van der Waals surface area contributed by atoms with Gasteiger partial charge in [0.1, 0.15) is 0 Å². The van der Waals surface area contributed by atoms with Crippen LogP contribution in [0.2, 0.25) is 0 Å². The zero-order valence-electron chi connectivity index (χ0n) is 14.4. The van der Waals surface area contributed by atoms with Crippen LogP contribution in [0, 0.1) is 6.92 Å². The number of ketones is 1. The number of benzene rings is 2. The second-order valence-electron chi connectivity index (χ2n) is 6.06. The van der Waals surface area contributed by atoms with Gasteiger partial charge < -0.3 is 9.40 Å². The topological polar surface area (TPSA) is 71.8 Å². The van der Waals surface area contributed by atoms with Gasteiger partial charge in [0.25, 0.3) is 5.22 Å². The molecule has 0 bridgehead atoms. The number of carbonyl (C=O) groups excluding carboxylic acids is 1. The van der Waals surface area contributed by atoms with Crippen LogP contribution >= 0.6 is 11.8 Å². The van der Waals surface area contributed by atoms with Crippen LogP contribution in [0.25, 0.3) is 22.4 Å². The molecule has 2 aromatic carbocycles. The summed E-state index contributed by atoms with van der Waals surface area (Å²) in [5, 5.41) is 9.19. The van der Waals surface area contributed by atoms with Crippen molar-refractivity contribution in [3.63, 3.8) is 0 Å². The van der Waals surface area contributed by atoms with E-state index in [0.717, 1.165) is 22.0 Å². The summed E-state index contributed by atoms with van der Waals surface area (Å²) in [5.41, 5.74) is 3.60. The van der Waals surface area contributed by atoms with E-state index >= 15 is 0 Å². The number of aromatic amines is 1. The largest absolute Gasteiger partial charge is 0.411 e. The first kappa shape index (κ1) is 16.6. The molecule has 5 nitrogen and oxygen atoms in total. The van der Waals surface area contributed by atoms with Gasteiger partial charge in [-0.15, -0.1) is 10.2 Å². The molecular weight excluding hydrogens is 346 g/mol. The average molecular weight is 363 g/mol. The van der Waals surface area contributed by atoms with Gasteiger partial charge in [0, 0.05) is 28.2 Å². The molecule has 2 heterocycles. The maximum atomic E-state index is 12.8. The minimum Gasteiger partial charge on any atom is -0.411 e. The Hall–Kier alpha value is -2.86. The summed E-state index contributed by atoms with van der Waals surface area (Å²) in [5.74, 6) is 0.500. The lowest BCUT2D eigenvalue weighted by Gasteiger charge is -2.06. The minimum absolute atomic E-state index is 0.0306. The van der Waals surface area contributed by atoms with E-state index in [1.165, 1.54) is 11.8 Å². The fraction of sp³-hybridized carbons (Fsp3) is 0.150. The van der Waals surface area contributed by atoms with Gasteiger partial charge in [0.15, 0.2) is 5.78 Å². The van der Waals surface area contributed by atoms with Gasteiger partial charge in [-0.2, -0.15) is 0 Å². The van der Waals surface area contributed by atoms with E-state index in [4.69, 9.17) is 4.42 Å². The van der Waals surface area contributed by atoms with Gasteiger partial charge in [-0.3, -0.25) is 4.79 Å².